The Morgan fingerprint density at radius 2 is 2.08 bits per heavy atom. The van der Waals surface area contributed by atoms with Gasteiger partial charge in [-0.3, -0.25) is 4.79 Å². The smallest absolute Gasteiger partial charge is 0.308 e. The molecule has 13 heavy (non-hydrogen) atoms. The minimum atomic E-state index is -0.304. The van der Waals surface area contributed by atoms with E-state index in [9.17, 15) is 4.79 Å². The molecule has 2 nitrogen and oxygen atoms in total. The monoisotopic (exact) mass is 196 g/mol. The van der Waals surface area contributed by atoms with Gasteiger partial charge in [0.1, 0.15) is 5.75 Å². The van der Waals surface area contributed by atoms with E-state index in [0.29, 0.717) is 5.75 Å². The van der Waals surface area contributed by atoms with Crippen LogP contribution in [0.3, 0.4) is 0 Å². The van der Waals surface area contributed by atoms with Gasteiger partial charge in [-0.2, -0.15) is 12.6 Å². The van der Waals surface area contributed by atoms with Crippen LogP contribution in [0.4, 0.5) is 0 Å². The van der Waals surface area contributed by atoms with Crippen LogP contribution in [0, 0.1) is 0 Å². The van der Waals surface area contributed by atoms with Gasteiger partial charge in [-0.1, -0.05) is 18.2 Å². The van der Waals surface area contributed by atoms with Crippen LogP contribution in [0.1, 0.15) is 24.7 Å². The van der Waals surface area contributed by atoms with Gasteiger partial charge >= 0.3 is 5.97 Å². The fourth-order valence-corrected chi connectivity index (χ4v) is 1.29. The molecule has 1 aromatic carbocycles. The van der Waals surface area contributed by atoms with Crippen molar-refractivity contribution in [3.05, 3.63) is 29.8 Å². The molecule has 0 spiro atoms. The first kappa shape index (κ1) is 10.1. The molecule has 1 aromatic rings. The first-order chi connectivity index (χ1) is 6.11. The van der Waals surface area contributed by atoms with Crippen LogP contribution >= 0.6 is 12.6 Å². The Labute approximate surface area is 83.3 Å². The fourth-order valence-electron chi connectivity index (χ4n) is 1.07. The summed E-state index contributed by atoms with van der Waals surface area (Å²) in [5, 5.41) is 0.0653. The van der Waals surface area contributed by atoms with Crippen LogP contribution < -0.4 is 4.74 Å². The summed E-state index contributed by atoms with van der Waals surface area (Å²) in [5.74, 6) is 0.291. The number of hydrogen-bond donors (Lipinski definition) is 1. The molecule has 1 rings (SSSR count). The van der Waals surface area contributed by atoms with Gasteiger partial charge in [0.25, 0.3) is 0 Å². The molecule has 1 atom stereocenters. The Hall–Kier alpha value is -0.960. The summed E-state index contributed by atoms with van der Waals surface area (Å²) in [5.41, 5.74) is 0.932. The van der Waals surface area contributed by atoms with Crippen LogP contribution in [-0.4, -0.2) is 5.97 Å². The van der Waals surface area contributed by atoms with Crippen molar-refractivity contribution in [1.82, 2.24) is 0 Å². The molecule has 0 radical (unpaired) electrons. The summed E-state index contributed by atoms with van der Waals surface area (Å²) < 4.78 is 5.02. The maximum atomic E-state index is 10.7. The Kier molecular flexibility index (Phi) is 3.37. The van der Waals surface area contributed by atoms with Crippen molar-refractivity contribution in [3.8, 4) is 5.75 Å². The molecule has 0 bridgehead atoms. The molecule has 0 saturated heterocycles. The molecule has 0 fully saturated rings. The molecule has 1 unspecified atom stereocenters. The first-order valence-electron chi connectivity index (χ1n) is 4.06. The van der Waals surface area contributed by atoms with E-state index in [4.69, 9.17) is 4.74 Å². The molecule has 0 aliphatic rings. The van der Waals surface area contributed by atoms with E-state index < -0.39 is 0 Å². The zero-order valence-electron chi connectivity index (χ0n) is 7.65. The van der Waals surface area contributed by atoms with E-state index in [1.54, 1.807) is 6.07 Å². The van der Waals surface area contributed by atoms with E-state index in [-0.39, 0.29) is 11.2 Å². The second-order valence-electron chi connectivity index (χ2n) is 2.81. The predicted molar refractivity (Wildman–Crippen MR) is 55.2 cm³/mol. The van der Waals surface area contributed by atoms with Gasteiger partial charge in [0.05, 0.1) is 0 Å². The van der Waals surface area contributed by atoms with Crippen molar-refractivity contribution in [2.24, 2.45) is 0 Å². The third kappa shape index (κ3) is 2.77. The van der Waals surface area contributed by atoms with Crippen LogP contribution in [0.5, 0.6) is 5.75 Å². The topological polar surface area (TPSA) is 26.3 Å². The molecule has 0 aromatic heterocycles. The van der Waals surface area contributed by atoms with Crippen LogP contribution in [0.2, 0.25) is 0 Å². The van der Waals surface area contributed by atoms with E-state index >= 15 is 0 Å². The minimum absolute atomic E-state index is 0.0653. The maximum absolute atomic E-state index is 10.7. The summed E-state index contributed by atoms with van der Waals surface area (Å²) in [6.07, 6.45) is 0. The number of para-hydroxylation sites is 1. The quantitative estimate of drug-likeness (QED) is 0.447. The number of thiol groups is 1. The lowest BCUT2D eigenvalue weighted by molar-refractivity contribution is -0.131. The average molecular weight is 196 g/mol. The SMILES string of the molecule is CC(=O)Oc1ccccc1C(C)S. The van der Waals surface area contributed by atoms with Crippen molar-refractivity contribution < 1.29 is 9.53 Å². The van der Waals surface area contributed by atoms with Crippen LogP contribution in [0.15, 0.2) is 24.3 Å². The molecule has 0 aliphatic carbocycles. The zero-order chi connectivity index (χ0) is 9.84. The summed E-state index contributed by atoms with van der Waals surface area (Å²) in [6.45, 7) is 3.32. The van der Waals surface area contributed by atoms with Gasteiger partial charge < -0.3 is 4.74 Å². The van der Waals surface area contributed by atoms with Crippen LogP contribution in [-0.2, 0) is 4.79 Å². The lowest BCUT2D eigenvalue weighted by Gasteiger charge is -2.10. The largest absolute Gasteiger partial charge is 0.426 e. The summed E-state index contributed by atoms with van der Waals surface area (Å²) in [6, 6.07) is 7.40. The van der Waals surface area contributed by atoms with Gasteiger partial charge in [0, 0.05) is 17.7 Å². The summed E-state index contributed by atoms with van der Waals surface area (Å²) in [7, 11) is 0. The molecule has 0 aliphatic heterocycles. The molecular formula is C10H12O2S. The standard InChI is InChI=1S/C10H12O2S/c1-7(13)9-5-3-4-6-10(9)12-8(2)11/h3-7,13H,1-2H3. The van der Waals surface area contributed by atoms with Gasteiger partial charge in [-0.05, 0) is 13.0 Å². The Morgan fingerprint density at radius 1 is 1.46 bits per heavy atom. The fraction of sp³-hybridized carbons (Fsp3) is 0.300. The second kappa shape index (κ2) is 4.33. The zero-order valence-corrected chi connectivity index (χ0v) is 8.54. The highest BCUT2D eigenvalue weighted by atomic mass is 32.1. The third-order valence-corrected chi connectivity index (χ3v) is 1.90. The van der Waals surface area contributed by atoms with E-state index in [2.05, 4.69) is 12.6 Å². The van der Waals surface area contributed by atoms with E-state index in [0.717, 1.165) is 5.56 Å². The highest BCUT2D eigenvalue weighted by Crippen LogP contribution is 2.28. The average Bonchev–Trinajstić information content (AvgIpc) is 2.03. The molecule has 70 valence electrons. The third-order valence-electron chi connectivity index (χ3n) is 1.62. The van der Waals surface area contributed by atoms with Crippen LogP contribution in [0.25, 0.3) is 0 Å². The molecule has 0 saturated carbocycles. The molecule has 0 heterocycles. The molecular weight excluding hydrogens is 184 g/mol. The minimum Gasteiger partial charge on any atom is -0.426 e. The number of carbonyl (C=O) groups is 1. The number of benzene rings is 1. The number of hydrogen-bond acceptors (Lipinski definition) is 3. The number of ether oxygens (including phenoxy) is 1. The van der Waals surface area contributed by atoms with Gasteiger partial charge in [-0.25, -0.2) is 0 Å². The van der Waals surface area contributed by atoms with E-state index in [1.165, 1.54) is 6.92 Å². The van der Waals surface area contributed by atoms with Gasteiger partial charge in [0.15, 0.2) is 0 Å². The lowest BCUT2D eigenvalue weighted by Crippen LogP contribution is -2.03. The molecule has 0 amide bonds. The van der Waals surface area contributed by atoms with Crippen molar-refractivity contribution in [1.29, 1.82) is 0 Å². The normalized spacial score (nSPS) is 12.2. The van der Waals surface area contributed by atoms with Crippen molar-refractivity contribution in [2.75, 3.05) is 0 Å². The van der Waals surface area contributed by atoms with E-state index in [1.807, 2.05) is 25.1 Å². The van der Waals surface area contributed by atoms with Gasteiger partial charge in [-0.15, -0.1) is 0 Å². The number of carbonyl (C=O) groups excluding carboxylic acids is 1. The highest BCUT2D eigenvalue weighted by Gasteiger charge is 2.08. The lowest BCUT2D eigenvalue weighted by atomic mass is 10.1. The maximum Gasteiger partial charge on any atom is 0.308 e. The first-order valence-corrected chi connectivity index (χ1v) is 4.58. The molecule has 3 heteroatoms. The predicted octanol–water partition coefficient (Wildman–Crippen LogP) is 2.60. The van der Waals surface area contributed by atoms with Gasteiger partial charge in [0.2, 0.25) is 0 Å². The molecule has 0 N–H and O–H groups in total. The number of rotatable bonds is 2. The Morgan fingerprint density at radius 3 is 2.62 bits per heavy atom. The Bertz CT molecular complexity index is 308. The summed E-state index contributed by atoms with van der Waals surface area (Å²) >= 11 is 4.29. The van der Waals surface area contributed by atoms with Crippen molar-refractivity contribution in [3.63, 3.8) is 0 Å². The Balaban J connectivity index is 2.97. The van der Waals surface area contributed by atoms with Crippen molar-refractivity contribution in [2.45, 2.75) is 19.1 Å². The highest BCUT2D eigenvalue weighted by molar-refractivity contribution is 7.80. The second-order valence-corrected chi connectivity index (χ2v) is 3.58. The number of esters is 1. The summed E-state index contributed by atoms with van der Waals surface area (Å²) in [4.78, 5) is 10.7. The van der Waals surface area contributed by atoms with Crippen molar-refractivity contribution >= 4 is 18.6 Å².